The van der Waals surface area contributed by atoms with Crippen LogP contribution in [0.1, 0.15) is 20.8 Å². The second kappa shape index (κ2) is 6.25. The van der Waals surface area contributed by atoms with E-state index in [1.165, 1.54) is 0 Å². The Labute approximate surface area is 112 Å². The van der Waals surface area contributed by atoms with Crippen molar-refractivity contribution in [2.75, 3.05) is 12.3 Å². The lowest BCUT2D eigenvalue weighted by molar-refractivity contribution is 0.483. The third kappa shape index (κ3) is 3.75. The van der Waals surface area contributed by atoms with Crippen molar-refractivity contribution in [2.24, 2.45) is 5.92 Å². The SMILES string of the molecule is CC(CNC(C)C)CSc1nc2ccccc2o1. The summed E-state index contributed by atoms with van der Waals surface area (Å²) >= 11 is 1.69. The standard InChI is InChI=1S/C14H20N2OS/c1-10(2)15-8-11(3)9-18-14-16-12-6-4-5-7-13(12)17-14/h4-7,10-11,15H,8-9H2,1-3H3. The van der Waals surface area contributed by atoms with Gasteiger partial charge in [0.2, 0.25) is 0 Å². The largest absolute Gasteiger partial charge is 0.431 e. The molecule has 4 heteroatoms. The molecule has 1 heterocycles. The Morgan fingerprint density at radius 3 is 2.78 bits per heavy atom. The predicted octanol–water partition coefficient (Wildman–Crippen LogP) is 3.55. The fraction of sp³-hybridized carbons (Fsp3) is 0.500. The van der Waals surface area contributed by atoms with Crippen LogP contribution in [0, 0.1) is 5.92 Å². The Morgan fingerprint density at radius 1 is 1.28 bits per heavy atom. The maximum atomic E-state index is 5.68. The van der Waals surface area contributed by atoms with Gasteiger partial charge in [-0.15, -0.1) is 0 Å². The van der Waals surface area contributed by atoms with Crippen molar-refractivity contribution in [3.63, 3.8) is 0 Å². The van der Waals surface area contributed by atoms with Gasteiger partial charge in [0.25, 0.3) is 5.22 Å². The van der Waals surface area contributed by atoms with E-state index in [1.807, 2.05) is 24.3 Å². The van der Waals surface area contributed by atoms with Crippen molar-refractivity contribution in [3.05, 3.63) is 24.3 Å². The Bertz CT molecular complexity index is 462. The lowest BCUT2D eigenvalue weighted by Gasteiger charge is -2.13. The molecule has 0 spiro atoms. The van der Waals surface area contributed by atoms with E-state index in [0.29, 0.717) is 12.0 Å². The zero-order valence-electron chi connectivity index (χ0n) is 11.1. The predicted molar refractivity (Wildman–Crippen MR) is 77.0 cm³/mol. The highest BCUT2D eigenvalue weighted by atomic mass is 32.2. The van der Waals surface area contributed by atoms with Gasteiger partial charge in [-0.3, -0.25) is 0 Å². The molecule has 1 unspecified atom stereocenters. The minimum absolute atomic E-state index is 0.543. The van der Waals surface area contributed by atoms with Crippen LogP contribution in [-0.4, -0.2) is 23.3 Å². The van der Waals surface area contributed by atoms with Crippen LogP contribution in [0.2, 0.25) is 0 Å². The van der Waals surface area contributed by atoms with Gasteiger partial charge in [0.05, 0.1) is 0 Å². The van der Waals surface area contributed by atoms with Crippen molar-refractivity contribution in [1.82, 2.24) is 10.3 Å². The van der Waals surface area contributed by atoms with E-state index < -0.39 is 0 Å². The number of oxazole rings is 1. The molecule has 1 N–H and O–H groups in total. The van der Waals surface area contributed by atoms with Crippen LogP contribution in [0.3, 0.4) is 0 Å². The van der Waals surface area contributed by atoms with Crippen LogP contribution in [0.15, 0.2) is 33.9 Å². The summed E-state index contributed by atoms with van der Waals surface area (Å²) in [5.74, 6) is 1.62. The topological polar surface area (TPSA) is 38.1 Å². The Hall–Kier alpha value is -1.00. The summed E-state index contributed by atoms with van der Waals surface area (Å²) in [6, 6.07) is 8.43. The number of para-hydroxylation sites is 2. The molecule has 1 aromatic carbocycles. The fourth-order valence-corrected chi connectivity index (χ4v) is 2.48. The lowest BCUT2D eigenvalue weighted by Crippen LogP contribution is -2.28. The number of thioether (sulfide) groups is 1. The quantitative estimate of drug-likeness (QED) is 0.810. The molecule has 0 aliphatic carbocycles. The van der Waals surface area contributed by atoms with E-state index >= 15 is 0 Å². The van der Waals surface area contributed by atoms with Crippen LogP contribution in [0.25, 0.3) is 11.1 Å². The first kappa shape index (κ1) is 13.4. The number of aromatic nitrogens is 1. The van der Waals surface area contributed by atoms with Crippen molar-refractivity contribution in [1.29, 1.82) is 0 Å². The lowest BCUT2D eigenvalue weighted by atomic mass is 10.2. The highest BCUT2D eigenvalue weighted by molar-refractivity contribution is 7.99. The molecular weight excluding hydrogens is 244 g/mol. The Kier molecular flexibility index (Phi) is 4.66. The molecule has 0 aliphatic heterocycles. The molecule has 0 radical (unpaired) electrons. The smallest absolute Gasteiger partial charge is 0.256 e. The third-order valence-electron chi connectivity index (χ3n) is 2.64. The van der Waals surface area contributed by atoms with Crippen LogP contribution in [0.4, 0.5) is 0 Å². The number of fused-ring (bicyclic) bond motifs is 1. The molecule has 98 valence electrons. The highest BCUT2D eigenvalue weighted by Gasteiger charge is 2.09. The van der Waals surface area contributed by atoms with E-state index in [0.717, 1.165) is 28.6 Å². The number of benzene rings is 1. The van der Waals surface area contributed by atoms with E-state index in [2.05, 4.69) is 31.1 Å². The van der Waals surface area contributed by atoms with Crippen LogP contribution in [-0.2, 0) is 0 Å². The Morgan fingerprint density at radius 2 is 2.06 bits per heavy atom. The molecule has 0 fully saturated rings. The van der Waals surface area contributed by atoms with Gasteiger partial charge in [-0.1, -0.05) is 44.7 Å². The number of hydrogen-bond donors (Lipinski definition) is 1. The third-order valence-corrected chi connectivity index (χ3v) is 3.80. The zero-order chi connectivity index (χ0) is 13.0. The van der Waals surface area contributed by atoms with E-state index in [-0.39, 0.29) is 0 Å². The maximum absolute atomic E-state index is 5.68. The number of nitrogens with zero attached hydrogens (tertiary/aromatic N) is 1. The van der Waals surface area contributed by atoms with Gasteiger partial charge in [0.15, 0.2) is 5.58 Å². The van der Waals surface area contributed by atoms with E-state index in [9.17, 15) is 0 Å². The summed E-state index contributed by atoms with van der Waals surface area (Å²) < 4.78 is 5.68. The zero-order valence-corrected chi connectivity index (χ0v) is 12.0. The van der Waals surface area contributed by atoms with Gasteiger partial charge in [0.1, 0.15) is 5.52 Å². The molecule has 18 heavy (non-hydrogen) atoms. The Balaban J connectivity index is 1.86. The summed E-state index contributed by atoms with van der Waals surface area (Å²) in [6.45, 7) is 7.61. The summed E-state index contributed by atoms with van der Waals surface area (Å²) in [5, 5.41) is 4.21. The second-order valence-electron chi connectivity index (χ2n) is 4.93. The van der Waals surface area contributed by atoms with Crippen LogP contribution in [0.5, 0.6) is 0 Å². The monoisotopic (exact) mass is 264 g/mol. The normalized spacial score (nSPS) is 13.3. The van der Waals surface area contributed by atoms with Crippen LogP contribution < -0.4 is 5.32 Å². The van der Waals surface area contributed by atoms with E-state index in [1.54, 1.807) is 11.8 Å². The molecule has 0 saturated heterocycles. The van der Waals surface area contributed by atoms with Crippen molar-refractivity contribution < 1.29 is 4.42 Å². The summed E-state index contributed by atoms with van der Waals surface area (Å²) in [4.78, 5) is 4.46. The molecule has 2 aromatic rings. The van der Waals surface area contributed by atoms with Gasteiger partial charge >= 0.3 is 0 Å². The highest BCUT2D eigenvalue weighted by Crippen LogP contribution is 2.24. The second-order valence-corrected chi connectivity index (χ2v) is 5.90. The van der Waals surface area contributed by atoms with Gasteiger partial charge in [-0.2, -0.15) is 0 Å². The minimum atomic E-state index is 0.543. The van der Waals surface area contributed by atoms with Gasteiger partial charge in [-0.05, 0) is 24.6 Å². The molecule has 0 amide bonds. The minimum Gasteiger partial charge on any atom is -0.431 e. The molecule has 0 saturated carbocycles. The van der Waals surface area contributed by atoms with Gasteiger partial charge < -0.3 is 9.73 Å². The molecule has 1 aromatic heterocycles. The maximum Gasteiger partial charge on any atom is 0.256 e. The summed E-state index contributed by atoms with van der Waals surface area (Å²) in [7, 11) is 0. The fourth-order valence-electron chi connectivity index (χ4n) is 1.62. The van der Waals surface area contributed by atoms with Crippen molar-refractivity contribution in [2.45, 2.75) is 32.0 Å². The summed E-state index contributed by atoms with van der Waals surface area (Å²) in [5.41, 5.74) is 1.81. The summed E-state index contributed by atoms with van der Waals surface area (Å²) in [6.07, 6.45) is 0. The average molecular weight is 264 g/mol. The van der Waals surface area contributed by atoms with Crippen LogP contribution >= 0.6 is 11.8 Å². The molecule has 0 bridgehead atoms. The van der Waals surface area contributed by atoms with Gasteiger partial charge in [0, 0.05) is 11.8 Å². The number of rotatable bonds is 6. The number of nitrogens with one attached hydrogen (secondary N) is 1. The molecule has 0 aliphatic rings. The van der Waals surface area contributed by atoms with E-state index in [4.69, 9.17) is 4.42 Å². The number of hydrogen-bond acceptors (Lipinski definition) is 4. The molecule has 2 rings (SSSR count). The first-order valence-corrected chi connectivity index (χ1v) is 7.35. The molecule has 1 atom stereocenters. The molecule has 3 nitrogen and oxygen atoms in total. The average Bonchev–Trinajstić information content (AvgIpc) is 2.76. The first-order chi connectivity index (χ1) is 8.65. The van der Waals surface area contributed by atoms with Crippen molar-refractivity contribution in [3.8, 4) is 0 Å². The molecular formula is C14H20N2OS. The first-order valence-electron chi connectivity index (χ1n) is 6.37. The van der Waals surface area contributed by atoms with Crippen molar-refractivity contribution >= 4 is 22.9 Å². The van der Waals surface area contributed by atoms with Gasteiger partial charge in [-0.25, -0.2) is 4.98 Å².